The molecule has 9 heteroatoms. The average Bonchev–Trinajstić information content (AvgIpc) is 2.56. The molecular weight excluding hydrogens is 374 g/mol. The highest BCUT2D eigenvalue weighted by Crippen LogP contribution is 2.14. The molecule has 0 amide bonds. The highest BCUT2D eigenvalue weighted by Gasteiger charge is 2.19. The molecule has 1 heterocycles. The van der Waals surface area contributed by atoms with Crippen molar-refractivity contribution in [3.8, 4) is 0 Å². The molecule has 2 rings (SSSR count). The van der Waals surface area contributed by atoms with Gasteiger partial charge in [-0.2, -0.15) is 4.31 Å². The summed E-state index contributed by atoms with van der Waals surface area (Å²) in [5.74, 6) is 0. The van der Waals surface area contributed by atoms with Crippen molar-refractivity contribution in [2.45, 2.75) is 25.3 Å². The van der Waals surface area contributed by atoms with Gasteiger partial charge in [-0.25, -0.2) is 21.6 Å². The van der Waals surface area contributed by atoms with Crippen LogP contribution in [0.15, 0.2) is 47.6 Å². The van der Waals surface area contributed by atoms with Gasteiger partial charge in [0.25, 0.3) is 0 Å². The minimum absolute atomic E-state index is 0.0204. The molecule has 0 aliphatic carbocycles. The summed E-state index contributed by atoms with van der Waals surface area (Å²) in [5.41, 5.74) is 2.66. The third-order valence-corrected chi connectivity index (χ3v) is 6.73. The van der Waals surface area contributed by atoms with E-state index in [-0.39, 0.29) is 24.5 Å². The number of hydrogen-bond acceptors (Lipinski definition) is 5. The van der Waals surface area contributed by atoms with Crippen molar-refractivity contribution in [1.29, 1.82) is 0 Å². The van der Waals surface area contributed by atoms with E-state index in [0.29, 0.717) is 0 Å². The van der Waals surface area contributed by atoms with Crippen LogP contribution in [-0.4, -0.2) is 45.5 Å². The summed E-state index contributed by atoms with van der Waals surface area (Å²) in [6.07, 6.45) is 4.27. The van der Waals surface area contributed by atoms with Crippen molar-refractivity contribution in [3.63, 3.8) is 0 Å². The van der Waals surface area contributed by atoms with Crippen molar-refractivity contribution in [1.82, 2.24) is 14.0 Å². The Morgan fingerprint density at radius 3 is 2.23 bits per heavy atom. The number of nitrogens with zero attached hydrogens (tertiary/aromatic N) is 2. The van der Waals surface area contributed by atoms with Crippen LogP contribution in [-0.2, 0) is 26.6 Å². The molecule has 0 fully saturated rings. The smallest absolute Gasteiger partial charge is 0.240 e. The highest BCUT2D eigenvalue weighted by atomic mass is 32.2. The van der Waals surface area contributed by atoms with Crippen molar-refractivity contribution >= 4 is 20.0 Å². The van der Waals surface area contributed by atoms with E-state index in [9.17, 15) is 16.8 Å². The Morgan fingerprint density at radius 1 is 1.00 bits per heavy atom. The minimum atomic E-state index is -3.70. The van der Waals surface area contributed by atoms with E-state index in [2.05, 4.69) is 9.71 Å². The summed E-state index contributed by atoms with van der Waals surface area (Å²) in [7, 11) is -7.17. The zero-order valence-corrected chi connectivity index (χ0v) is 16.6. The standard InChI is InChI=1S/C17H23N3O4S2/c1-14-4-5-17(12-15(14)2)26(23,24)19-10-11-20(25(3,21)22)13-16-6-8-18-9-7-16/h4-9,12,19H,10-11,13H2,1-3H3. The van der Waals surface area contributed by atoms with Crippen LogP contribution in [0.25, 0.3) is 0 Å². The zero-order chi connectivity index (χ0) is 19.4. The van der Waals surface area contributed by atoms with Crippen LogP contribution >= 0.6 is 0 Å². The van der Waals surface area contributed by atoms with Gasteiger partial charge >= 0.3 is 0 Å². The second-order valence-corrected chi connectivity index (χ2v) is 9.85. The fourth-order valence-electron chi connectivity index (χ4n) is 2.32. The molecule has 0 saturated carbocycles. The van der Waals surface area contributed by atoms with E-state index < -0.39 is 20.0 Å². The van der Waals surface area contributed by atoms with E-state index in [0.717, 1.165) is 22.9 Å². The van der Waals surface area contributed by atoms with Gasteiger partial charge in [-0.3, -0.25) is 4.98 Å². The second-order valence-electron chi connectivity index (χ2n) is 6.10. The molecular formula is C17H23N3O4S2. The number of pyridine rings is 1. The average molecular weight is 398 g/mol. The van der Waals surface area contributed by atoms with Crippen LogP contribution in [0.5, 0.6) is 0 Å². The van der Waals surface area contributed by atoms with Gasteiger partial charge < -0.3 is 0 Å². The lowest BCUT2D eigenvalue weighted by Crippen LogP contribution is -2.37. The minimum Gasteiger partial charge on any atom is -0.265 e. The van der Waals surface area contributed by atoms with Crippen molar-refractivity contribution < 1.29 is 16.8 Å². The van der Waals surface area contributed by atoms with Crippen LogP contribution in [0.4, 0.5) is 0 Å². The summed E-state index contributed by atoms with van der Waals surface area (Å²) in [4.78, 5) is 4.06. The lowest BCUT2D eigenvalue weighted by Gasteiger charge is -2.20. The molecule has 0 atom stereocenters. The molecule has 26 heavy (non-hydrogen) atoms. The lowest BCUT2D eigenvalue weighted by atomic mass is 10.1. The molecule has 0 aliphatic rings. The first-order valence-electron chi connectivity index (χ1n) is 8.00. The summed E-state index contributed by atoms with van der Waals surface area (Å²) in [6, 6.07) is 8.32. The van der Waals surface area contributed by atoms with E-state index in [4.69, 9.17) is 0 Å². The van der Waals surface area contributed by atoms with Crippen LogP contribution in [0, 0.1) is 13.8 Å². The SMILES string of the molecule is Cc1ccc(S(=O)(=O)NCCN(Cc2ccncc2)S(C)(=O)=O)cc1C. The van der Waals surface area contributed by atoms with Gasteiger partial charge in [0, 0.05) is 32.0 Å². The van der Waals surface area contributed by atoms with Crippen LogP contribution in [0.2, 0.25) is 0 Å². The molecule has 2 aromatic rings. The molecule has 142 valence electrons. The lowest BCUT2D eigenvalue weighted by molar-refractivity contribution is 0.412. The first-order chi connectivity index (χ1) is 12.1. The van der Waals surface area contributed by atoms with Crippen molar-refractivity contribution in [3.05, 3.63) is 59.4 Å². The quantitative estimate of drug-likeness (QED) is 0.727. The normalized spacial score (nSPS) is 12.5. The van der Waals surface area contributed by atoms with Crippen LogP contribution in [0.1, 0.15) is 16.7 Å². The summed E-state index contributed by atoms with van der Waals surface area (Å²) in [5, 5.41) is 0. The van der Waals surface area contributed by atoms with E-state index >= 15 is 0 Å². The van der Waals surface area contributed by atoms with Gasteiger partial charge in [0.05, 0.1) is 11.2 Å². The van der Waals surface area contributed by atoms with Crippen LogP contribution < -0.4 is 4.72 Å². The van der Waals surface area contributed by atoms with Crippen molar-refractivity contribution in [2.75, 3.05) is 19.3 Å². The Hall–Kier alpha value is -1.81. The maximum absolute atomic E-state index is 12.4. The molecule has 1 aromatic carbocycles. The number of sulfonamides is 2. The fraction of sp³-hybridized carbons (Fsp3) is 0.353. The topological polar surface area (TPSA) is 96.4 Å². The second kappa shape index (κ2) is 8.26. The summed E-state index contributed by atoms with van der Waals surface area (Å²) < 4.78 is 52.4. The molecule has 1 aromatic heterocycles. The molecule has 7 nitrogen and oxygen atoms in total. The van der Waals surface area contributed by atoms with Gasteiger partial charge in [-0.15, -0.1) is 0 Å². The fourth-order valence-corrected chi connectivity index (χ4v) is 4.24. The number of benzene rings is 1. The predicted octanol–water partition coefficient (Wildman–Crippen LogP) is 1.44. The molecule has 0 unspecified atom stereocenters. The molecule has 1 N–H and O–H groups in total. The van der Waals surface area contributed by atoms with E-state index in [1.807, 2.05) is 13.8 Å². The third-order valence-electron chi connectivity index (χ3n) is 4.02. The molecule has 0 spiro atoms. The largest absolute Gasteiger partial charge is 0.265 e. The van der Waals surface area contributed by atoms with E-state index in [1.165, 1.54) is 10.4 Å². The molecule has 0 bridgehead atoms. The number of hydrogen-bond donors (Lipinski definition) is 1. The Morgan fingerprint density at radius 2 is 1.65 bits per heavy atom. The highest BCUT2D eigenvalue weighted by molar-refractivity contribution is 7.89. The number of aromatic nitrogens is 1. The number of aryl methyl sites for hydroxylation is 2. The van der Waals surface area contributed by atoms with Gasteiger partial charge in [0.1, 0.15) is 0 Å². The molecule has 0 aliphatic heterocycles. The molecule has 0 radical (unpaired) electrons. The first kappa shape index (κ1) is 20.5. The van der Waals surface area contributed by atoms with Crippen molar-refractivity contribution in [2.24, 2.45) is 0 Å². The summed E-state index contributed by atoms with van der Waals surface area (Å²) in [6.45, 7) is 3.92. The maximum Gasteiger partial charge on any atom is 0.240 e. The molecule has 0 saturated heterocycles. The Balaban J connectivity index is 2.05. The maximum atomic E-state index is 12.4. The Kier molecular flexibility index (Phi) is 6.51. The van der Waals surface area contributed by atoms with Gasteiger partial charge in [0.15, 0.2) is 0 Å². The Bertz CT molecular complexity index is 959. The van der Waals surface area contributed by atoms with Gasteiger partial charge in [-0.1, -0.05) is 6.07 Å². The number of rotatable bonds is 8. The zero-order valence-electron chi connectivity index (χ0n) is 15.0. The van der Waals surface area contributed by atoms with Crippen LogP contribution in [0.3, 0.4) is 0 Å². The van der Waals surface area contributed by atoms with Gasteiger partial charge in [0.2, 0.25) is 20.0 Å². The summed E-state index contributed by atoms with van der Waals surface area (Å²) >= 11 is 0. The van der Waals surface area contributed by atoms with E-state index in [1.54, 1.807) is 36.7 Å². The first-order valence-corrected chi connectivity index (χ1v) is 11.3. The third kappa shape index (κ3) is 5.60. The number of nitrogens with one attached hydrogen (secondary N) is 1. The predicted molar refractivity (Wildman–Crippen MR) is 101 cm³/mol. The monoisotopic (exact) mass is 397 g/mol. The van der Waals surface area contributed by atoms with Gasteiger partial charge in [-0.05, 0) is 54.8 Å². The Labute approximate surface area is 155 Å².